The number of methoxy groups -OCH3 is 1. The summed E-state index contributed by atoms with van der Waals surface area (Å²) in [6.45, 7) is 3.27. The fourth-order valence-corrected chi connectivity index (χ4v) is 4.74. The first-order chi connectivity index (χ1) is 15.8. The van der Waals surface area contributed by atoms with Crippen molar-refractivity contribution < 1.29 is 14.2 Å². The standard InChI is InChI=1S/C27H30N2O3/c1-30-24-9-5-8-22(17-24)27(21-6-3-2-4-7-21)29-14-12-23(13-15-29)28-18-20-10-11-25-26(16-20)32-19-31-25/h2-11,16-17,23,27-28H,12-15,18-19H2,1H3. The number of likely N-dealkylation sites (tertiary alicyclic amines) is 1. The van der Waals surface area contributed by atoms with Gasteiger partial charge in [0.25, 0.3) is 0 Å². The maximum Gasteiger partial charge on any atom is 0.231 e. The first kappa shape index (κ1) is 20.9. The third-order valence-electron chi connectivity index (χ3n) is 6.45. The Hall–Kier alpha value is -3.02. The summed E-state index contributed by atoms with van der Waals surface area (Å²) in [4.78, 5) is 2.60. The highest BCUT2D eigenvalue weighted by Gasteiger charge is 2.27. The zero-order valence-corrected chi connectivity index (χ0v) is 18.5. The summed E-state index contributed by atoms with van der Waals surface area (Å²) in [5.74, 6) is 2.60. The summed E-state index contributed by atoms with van der Waals surface area (Å²) in [6, 6.07) is 26.2. The summed E-state index contributed by atoms with van der Waals surface area (Å²) < 4.78 is 16.4. The SMILES string of the molecule is COc1cccc(C(c2ccccc2)N2CCC(NCc3ccc4c(c3)OCO4)CC2)c1. The van der Waals surface area contributed by atoms with Crippen molar-refractivity contribution in [2.24, 2.45) is 0 Å². The molecule has 2 heterocycles. The quantitative estimate of drug-likeness (QED) is 0.585. The van der Waals surface area contributed by atoms with Crippen LogP contribution in [0.25, 0.3) is 0 Å². The summed E-state index contributed by atoms with van der Waals surface area (Å²) in [5.41, 5.74) is 3.84. The molecule has 2 aliphatic rings. The fraction of sp³-hybridized carbons (Fsp3) is 0.333. The molecule has 3 aromatic carbocycles. The predicted molar refractivity (Wildman–Crippen MR) is 125 cm³/mol. The van der Waals surface area contributed by atoms with Crippen molar-refractivity contribution in [3.63, 3.8) is 0 Å². The smallest absolute Gasteiger partial charge is 0.231 e. The van der Waals surface area contributed by atoms with Crippen molar-refractivity contribution in [1.29, 1.82) is 0 Å². The molecule has 1 N–H and O–H groups in total. The van der Waals surface area contributed by atoms with Gasteiger partial charge in [0, 0.05) is 25.7 Å². The maximum atomic E-state index is 5.51. The first-order valence-corrected chi connectivity index (χ1v) is 11.3. The van der Waals surface area contributed by atoms with Crippen LogP contribution in [0.2, 0.25) is 0 Å². The van der Waals surface area contributed by atoms with Gasteiger partial charge in [-0.05, 0) is 53.8 Å². The zero-order chi connectivity index (χ0) is 21.8. The Bertz CT molecular complexity index is 1030. The van der Waals surface area contributed by atoms with Crippen molar-refractivity contribution in [2.45, 2.75) is 31.5 Å². The second kappa shape index (κ2) is 9.63. The maximum absolute atomic E-state index is 5.51. The Balaban J connectivity index is 1.24. The Morgan fingerprint density at radius 2 is 1.69 bits per heavy atom. The second-order valence-corrected chi connectivity index (χ2v) is 8.47. The highest BCUT2D eigenvalue weighted by molar-refractivity contribution is 5.44. The first-order valence-electron chi connectivity index (χ1n) is 11.3. The normalized spacial score (nSPS) is 17.3. The van der Waals surface area contributed by atoms with Gasteiger partial charge in [-0.15, -0.1) is 0 Å². The summed E-state index contributed by atoms with van der Waals surface area (Å²) >= 11 is 0. The molecular formula is C27H30N2O3. The zero-order valence-electron chi connectivity index (χ0n) is 18.5. The number of hydrogen-bond donors (Lipinski definition) is 1. The third kappa shape index (κ3) is 4.59. The van der Waals surface area contributed by atoms with Crippen LogP contribution in [0.1, 0.15) is 35.6 Å². The van der Waals surface area contributed by atoms with Crippen LogP contribution < -0.4 is 19.5 Å². The molecule has 1 atom stereocenters. The van der Waals surface area contributed by atoms with Crippen molar-refractivity contribution in [3.05, 3.63) is 89.5 Å². The average molecular weight is 431 g/mol. The van der Waals surface area contributed by atoms with E-state index in [2.05, 4.69) is 70.9 Å². The predicted octanol–water partition coefficient (Wildman–Crippen LogP) is 4.77. The Kier molecular flexibility index (Phi) is 6.28. The molecule has 1 saturated heterocycles. The van der Waals surface area contributed by atoms with Crippen LogP contribution >= 0.6 is 0 Å². The van der Waals surface area contributed by atoms with Gasteiger partial charge in [0.2, 0.25) is 6.79 Å². The largest absolute Gasteiger partial charge is 0.497 e. The van der Waals surface area contributed by atoms with Crippen LogP contribution in [0.3, 0.4) is 0 Å². The second-order valence-electron chi connectivity index (χ2n) is 8.47. The van der Waals surface area contributed by atoms with Crippen LogP contribution in [0, 0.1) is 0 Å². The molecule has 5 rings (SSSR count). The fourth-order valence-electron chi connectivity index (χ4n) is 4.74. The number of hydrogen-bond acceptors (Lipinski definition) is 5. The van der Waals surface area contributed by atoms with E-state index in [0.29, 0.717) is 12.8 Å². The van der Waals surface area contributed by atoms with Gasteiger partial charge in [-0.25, -0.2) is 0 Å². The molecule has 0 radical (unpaired) electrons. The summed E-state index contributed by atoms with van der Waals surface area (Å²) in [5, 5.41) is 3.74. The van der Waals surface area contributed by atoms with E-state index in [4.69, 9.17) is 14.2 Å². The molecule has 32 heavy (non-hydrogen) atoms. The minimum absolute atomic E-state index is 0.237. The van der Waals surface area contributed by atoms with Crippen LogP contribution in [0.5, 0.6) is 17.2 Å². The van der Waals surface area contributed by atoms with Crippen LogP contribution in [0.4, 0.5) is 0 Å². The number of nitrogens with zero attached hydrogens (tertiary/aromatic N) is 1. The Labute approximate surface area is 189 Å². The molecule has 0 saturated carbocycles. The minimum atomic E-state index is 0.237. The number of rotatable bonds is 7. The van der Waals surface area contributed by atoms with E-state index in [-0.39, 0.29) is 6.04 Å². The molecule has 0 aromatic heterocycles. The topological polar surface area (TPSA) is 43.0 Å². The van der Waals surface area contributed by atoms with Crippen molar-refractivity contribution >= 4 is 0 Å². The minimum Gasteiger partial charge on any atom is -0.497 e. The van der Waals surface area contributed by atoms with Crippen LogP contribution in [-0.4, -0.2) is 37.9 Å². The van der Waals surface area contributed by atoms with E-state index < -0.39 is 0 Å². The lowest BCUT2D eigenvalue weighted by molar-refractivity contribution is 0.162. The van der Waals surface area contributed by atoms with E-state index >= 15 is 0 Å². The van der Waals surface area contributed by atoms with E-state index in [1.54, 1.807) is 7.11 Å². The van der Waals surface area contributed by atoms with Gasteiger partial charge < -0.3 is 19.5 Å². The molecule has 3 aromatic rings. The lowest BCUT2D eigenvalue weighted by atomic mass is 9.93. The molecule has 0 bridgehead atoms. The lowest BCUT2D eigenvalue weighted by Crippen LogP contribution is -2.43. The number of piperidine rings is 1. The molecule has 0 aliphatic carbocycles. The highest BCUT2D eigenvalue weighted by atomic mass is 16.7. The van der Waals surface area contributed by atoms with Crippen molar-refractivity contribution in [2.75, 3.05) is 27.0 Å². The molecule has 166 valence electrons. The molecule has 2 aliphatic heterocycles. The van der Waals surface area contributed by atoms with Gasteiger partial charge in [0.05, 0.1) is 13.2 Å². The molecule has 5 nitrogen and oxygen atoms in total. The van der Waals surface area contributed by atoms with E-state index in [9.17, 15) is 0 Å². The summed E-state index contributed by atoms with van der Waals surface area (Å²) in [6.07, 6.45) is 2.25. The van der Waals surface area contributed by atoms with Gasteiger partial charge in [0.1, 0.15) is 5.75 Å². The molecule has 0 amide bonds. The Morgan fingerprint density at radius 1 is 0.906 bits per heavy atom. The average Bonchev–Trinajstić information content (AvgIpc) is 3.33. The van der Waals surface area contributed by atoms with Crippen LogP contribution in [-0.2, 0) is 6.54 Å². The highest BCUT2D eigenvalue weighted by Crippen LogP contribution is 2.34. The number of fused-ring (bicyclic) bond motifs is 1. The van der Waals surface area contributed by atoms with Gasteiger partial charge in [-0.3, -0.25) is 4.90 Å². The van der Waals surface area contributed by atoms with E-state index in [1.165, 1.54) is 16.7 Å². The molecule has 0 spiro atoms. The van der Waals surface area contributed by atoms with Gasteiger partial charge >= 0.3 is 0 Å². The molecule has 1 fully saturated rings. The number of nitrogens with one attached hydrogen (secondary N) is 1. The Morgan fingerprint density at radius 3 is 2.50 bits per heavy atom. The van der Waals surface area contributed by atoms with Crippen molar-refractivity contribution in [1.82, 2.24) is 10.2 Å². The molecule has 5 heteroatoms. The number of benzene rings is 3. The molecular weight excluding hydrogens is 400 g/mol. The lowest BCUT2D eigenvalue weighted by Gasteiger charge is -2.38. The van der Waals surface area contributed by atoms with Crippen molar-refractivity contribution in [3.8, 4) is 17.2 Å². The van der Waals surface area contributed by atoms with Gasteiger partial charge in [0.15, 0.2) is 11.5 Å². The van der Waals surface area contributed by atoms with E-state index in [0.717, 1.165) is 49.7 Å². The monoisotopic (exact) mass is 430 g/mol. The van der Waals surface area contributed by atoms with Gasteiger partial charge in [-0.1, -0.05) is 48.5 Å². The van der Waals surface area contributed by atoms with Gasteiger partial charge in [-0.2, -0.15) is 0 Å². The third-order valence-corrected chi connectivity index (χ3v) is 6.45. The van der Waals surface area contributed by atoms with E-state index in [1.807, 2.05) is 12.1 Å². The number of ether oxygens (including phenoxy) is 3. The summed E-state index contributed by atoms with van der Waals surface area (Å²) in [7, 11) is 1.73. The van der Waals surface area contributed by atoms with Crippen LogP contribution in [0.15, 0.2) is 72.8 Å². The molecule has 1 unspecified atom stereocenters.